The van der Waals surface area contributed by atoms with Gasteiger partial charge in [-0.2, -0.15) is 0 Å². The predicted molar refractivity (Wildman–Crippen MR) is 84.9 cm³/mol. The minimum Gasteiger partial charge on any atom is -0.507 e. The number of ether oxygens (including phenoxy) is 1. The van der Waals surface area contributed by atoms with Crippen molar-refractivity contribution in [3.05, 3.63) is 52.6 Å². The van der Waals surface area contributed by atoms with Crippen LogP contribution >= 0.6 is 0 Å². The molecule has 4 heteroatoms. The van der Waals surface area contributed by atoms with Crippen molar-refractivity contribution in [3.8, 4) is 17.2 Å². The van der Waals surface area contributed by atoms with Crippen LogP contribution in [-0.4, -0.2) is 23.1 Å². The molecule has 116 valence electrons. The fraction of sp³-hybridized carbons (Fsp3) is 0.278. The van der Waals surface area contributed by atoms with Crippen molar-refractivity contribution >= 4 is 5.78 Å². The zero-order valence-electron chi connectivity index (χ0n) is 13.0. The summed E-state index contributed by atoms with van der Waals surface area (Å²) in [5.74, 6) is 0.0475. The van der Waals surface area contributed by atoms with Crippen LogP contribution in [0.4, 0.5) is 0 Å². The normalized spacial score (nSPS) is 10.5. The van der Waals surface area contributed by atoms with Crippen molar-refractivity contribution < 1.29 is 19.7 Å². The van der Waals surface area contributed by atoms with Gasteiger partial charge in [0.15, 0.2) is 17.3 Å². The van der Waals surface area contributed by atoms with Crippen LogP contribution in [0.3, 0.4) is 0 Å². The third-order valence-electron chi connectivity index (χ3n) is 3.73. The Morgan fingerprint density at radius 1 is 1.18 bits per heavy atom. The van der Waals surface area contributed by atoms with E-state index in [1.54, 1.807) is 18.2 Å². The van der Waals surface area contributed by atoms with Crippen LogP contribution in [0, 0.1) is 6.92 Å². The van der Waals surface area contributed by atoms with Gasteiger partial charge in [-0.1, -0.05) is 24.6 Å². The number of ketones is 1. The van der Waals surface area contributed by atoms with Gasteiger partial charge in [0.05, 0.1) is 12.7 Å². The molecule has 0 heterocycles. The van der Waals surface area contributed by atoms with Crippen molar-refractivity contribution in [1.82, 2.24) is 0 Å². The standard InChI is InChI=1S/C18H20O4/c1-4-12-6-8-17(22-3)18(21)13(12)10-16(20)14-9-11(2)5-7-15(14)19/h5-9,19,21H,4,10H2,1-3H3. The molecule has 0 radical (unpaired) electrons. The molecule has 0 aromatic heterocycles. The maximum atomic E-state index is 12.5. The van der Waals surface area contributed by atoms with Crippen LogP contribution < -0.4 is 4.74 Å². The third-order valence-corrected chi connectivity index (χ3v) is 3.73. The lowest BCUT2D eigenvalue weighted by atomic mass is 9.95. The van der Waals surface area contributed by atoms with Crippen LogP contribution in [0.25, 0.3) is 0 Å². The highest BCUT2D eigenvalue weighted by Gasteiger charge is 2.18. The van der Waals surface area contributed by atoms with Crippen molar-refractivity contribution in [3.63, 3.8) is 0 Å². The molecule has 0 fully saturated rings. The number of phenolic OH excluding ortho intramolecular Hbond substituents is 2. The van der Waals surface area contributed by atoms with Crippen LogP contribution in [-0.2, 0) is 12.8 Å². The summed E-state index contributed by atoms with van der Waals surface area (Å²) in [5.41, 5.74) is 2.60. The van der Waals surface area contributed by atoms with Gasteiger partial charge < -0.3 is 14.9 Å². The molecule has 2 rings (SSSR count). The van der Waals surface area contributed by atoms with E-state index in [4.69, 9.17) is 4.74 Å². The smallest absolute Gasteiger partial charge is 0.171 e. The molecule has 0 saturated heterocycles. The molecule has 0 aliphatic heterocycles. The van der Waals surface area contributed by atoms with Crippen LogP contribution in [0.2, 0.25) is 0 Å². The number of hydrogen-bond donors (Lipinski definition) is 2. The maximum Gasteiger partial charge on any atom is 0.171 e. The van der Waals surface area contributed by atoms with Crippen LogP contribution in [0.15, 0.2) is 30.3 Å². The summed E-state index contributed by atoms with van der Waals surface area (Å²) in [7, 11) is 1.47. The molecule has 4 nitrogen and oxygen atoms in total. The number of rotatable bonds is 5. The summed E-state index contributed by atoms with van der Waals surface area (Å²) in [6.45, 7) is 3.82. The van der Waals surface area contributed by atoms with Crippen LogP contribution in [0.1, 0.15) is 34.0 Å². The Morgan fingerprint density at radius 3 is 2.55 bits per heavy atom. The van der Waals surface area contributed by atoms with Gasteiger partial charge in [-0.3, -0.25) is 4.79 Å². The largest absolute Gasteiger partial charge is 0.507 e. The molecule has 0 atom stereocenters. The Bertz CT molecular complexity index is 704. The lowest BCUT2D eigenvalue weighted by Gasteiger charge is -2.13. The molecule has 2 aromatic carbocycles. The molecule has 2 aromatic rings. The van der Waals surface area contributed by atoms with Crippen molar-refractivity contribution in [1.29, 1.82) is 0 Å². The highest BCUT2D eigenvalue weighted by atomic mass is 16.5. The topological polar surface area (TPSA) is 66.8 Å². The fourth-order valence-corrected chi connectivity index (χ4v) is 2.48. The number of phenols is 2. The van der Waals surface area contributed by atoms with Crippen LogP contribution in [0.5, 0.6) is 17.2 Å². The second-order valence-electron chi connectivity index (χ2n) is 5.23. The van der Waals surface area contributed by atoms with E-state index in [1.165, 1.54) is 13.2 Å². The Morgan fingerprint density at radius 2 is 1.91 bits per heavy atom. The number of hydrogen-bond acceptors (Lipinski definition) is 4. The second-order valence-corrected chi connectivity index (χ2v) is 5.23. The molecule has 2 N–H and O–H groups in total. The number of aryl methyl sites for hydroxylation is 2. The summed E-state index contributed by atoms with van der Waals surface area (Å²) < 4.78 is 5.10. The summed E-state index contributed by atoms with van der Waals surface area (Å²) in [5, 5.41) is 20.2. The van der Waals surface area contributed by atoms with E-state index in [9.17, 15) is 15.0 Å². The average molecular weight is 300 g/mol. The highest BCUT2D eigenvalue weighted by molar-refractivity contribution is 6.00. The van der Waals surface area contributed by atoms with E-state index in [1.807, 2.05) is 19.9 Å². The molecule has 0 aliphatic rings. The first kappa shape index (κ1) is 15.9. The molecule has 22 heavy (non-hydrogen) atoms. The number of Topliss-reactive ketones (excluding diaryl/α,β-unsaturated/α-hetero) is 1. The SMILES string of the molecule is CCc1ccc(OC)c(O)c1CC(=O)c1cc(C)ccc1O. The number of aromatic hydroxyl groups is 2. The van der Waals surface area contributed by atoms with Gasteiger partial charge in [-0.25, -0.2) is 0 Å². The van der Waals surface area contributed by atoms with E-state index >= 15 is 0 Å². The predicted octanol–water partition coefficient (Wildman–Crippen LogP) is 3.40. The molecule has 0 amide bonds. The summed E-state index contributed by atoms with van der Waals surface area (Å²) in [6.07, 6.45) is 0.711. The Hall–Kier alpha value is -2.49. The summed E-state index contributed by atoms with van der Waals surface area (Å²) in [6, 6.07) is 8.44. The molecule has 0 aliphatic carbocycles. The van der Waals surface area contributed by atoms with E-state index in [2.05, 4.69) is 0 Å². The van der Waals surface area contributed by atoms with Crippen molar-refractivity contribution in [2.24, 2.45) is 0 Å². The lowest BCUT2D eigenvalue weighted by Crippen LogP contribution is -2.07. The zero-order chi connectivity index (χ0) is 16.3. The minimum absolute atomic E-state index is 0.0117. The van der Waals surface area contributed by atoms with Gasteiger partial charge in [0.2, 0.25) is 0 Å². The molecule has 0 bridgehead atoms. The number of methoxy groups -OCH3 is 1. The van der Waals surface area contributed by atoms with E-state index in [-0.39, 0.29) is 29.3 Å². The Labute approximate surface area is 130 Å². The number of benzene rings is 2. The van der Waals surface area contributed by atoms with Gasteiger partial charge >= 0.3 is 0 Å². The summed E-state index contributed by atoms with van der Waals surface area (Å²) >= 11 is 0. The maximum absolute atomic E-state index is 12.5. The minimum atomic E-state index is -0.237. The molecule has 0 spiro atoms. The van der Waals surface area contributed by atoms with Crippen molar-refractivity contribution in [2.45, 2.75) is 26.7 Å². The first-order chi connectivity index (χ1) is 10.5. The second kappa shape index (κ2) is 6.52. The van der Waals surface area contributed by atoms with E-state index in [0.29, 0.717) is 17.7 Å². The first-order valence-electron chi connectivity index (χ1n) is 7.18. The number of carbonyl (C=O) groups is 1. The van der Waals surface area contributed by atoms with Crippen molar-refractivity contribution in [2.75, 3.05) is 7.11 Å². The van der Waals surface area contributed by atoms with Gasteiger partial charge in [0.25, 0.3) is 0 Å². The summed E-state index contributed by atoms with van der Waals surface area (Å²) in [4.78, 5) is 12.5. The van der Waals surface area contributed by atoms with Gasteiger partial charge in [-0.15, -0.1) is 0 Å². The lowest BCUT2D eigenvalue weighted by molar-refractivity contribution is 0.0989. The first-order valence-corrected chi connectivity index (χ1v) is 7.18. The highest BCUT2D eigenvalue weighted by Crippen LogP contribution is 2.34. The monoisotopic (exact) mass is 300 g/mol. The van der Waals surface area contributed by atoms with E-state index < -0.39 is 0 Å². The van der Waals surface area contributed by atoms with Gasteiger partial charge in [0, 0.05) is 12.0 Å². The molecular weight excluding hydrogens is 280 g/mol. The molecular formula is C18H20O4. The quantitative estimate of drug-likeness (QED) is 0.831. The van der Waals surface area contributed by atoms with Gasteiger partial charge in [0.1, 0.15) is 5.75 Å². The molecule has 0 saturated carbocycles. The Kier molecular flexibility index (Phi) is 4.71. The average Bonchev–Trinajstić information content (AvgIpc) is 2.51. The molecule has 0 unspecified atom stereocenters. The van der Waals surface area contributed by atoms with E-state index in [0.717, 1.165) is 11.1 Å². The zero-order valence-corrected chi connectivity index (χ0v) is 13.0. The van der Waals surface area contributed by atoms with Gasteiger partial charge in [-0.05, 0) is 37.1 Å². The number of carbonyl (C=O) groups excluding carboxylic acids is 1. The fourth-order valence-electron chi connectivity index (χ4n) is 2.48. The Balaban J connectivity index is 2.41. The third kappa shape index (κ3) is 3.06.